The number of rotatable bonds is 6. The van der Waals surface area contributed by atoms with Crippen LogP contribution in [0, 0.1) is 5.92 Å². The summed E-state index contributed by atoms with van der Waals surface area (Å²) in [5.74, 6) is 0.885. The molecule has 1 aliphatic rings. The van der Waals surface area contributed by atoms with Crippen LogP contribution in [0.1, 0.15) is 24.2 Å². The number of nitrogens with zero attached hydrogens (tertiary/aromatic N) is 7. The van der Waals surface area contributed by atoms with Crippen LogP contribution in [0.15, 0.2) is 55.2 Å². The first kappa shape index (κ1) is 22.9. The summed E-state index contributed by atoms with van der Waals surface area (Å²) in [5, 5.41) is 8.16. The van der Waals surface area contributed by atoms with E-state index in [1.807, 2.05) is 25.5 Å². The average molecular weight is 471 g/mol. The Labute approximate surface area is 204 Å². The van der Waals surface area contributed by atoms with E-state index in [9.17, 15) is 4.79 Å². The van der Waals surface area contributed by atoms with Crippen LogP contribution in [0.3, 0.4) is 0 Å². The van der Waals surface area contributed by atoms with Gasteiger partial charge in [-0.25, -0.2) is 9.97 Å². The van der Waals surface area contributed by atoms with Gasteiger partial charge in [0.2, 0.25) is 0 Å². The molecule has 0 bridgehead atoms. The maximum atomic E-state index is 12.6. The number of fused-ring (bicyclic) bond motifs is 1. The van der Waals surface area contributed by atoms with Crippen molar-refractivity contribution in [2.75, 3.05) is 42.9 Å². The minimum absolute atomic E-state index is 0.234. The highest BCUT2D eigenvalue weighted by atomic mass is 16.1. The highest BCUT2D eigenvalue weighted by molar-refractivity contribution is 6.04. The van der Waals surface area contributed by atoms with Gasteiger partial charge in [0.05, 0.1) is 23.1 Å². The molecule has 0 aromatic carbocycles. The van der Waals surface area contributed by atoms with Crippen LogP contribution < -0.4 is 10.2 Å². The van der Waals surface area contributed by atoms with E-state index in [0.717, 1.165) is 60.6 Å². The Kier molecular flexibility index (Phi) is 6.41. The smallest absolute Gasteiger partial charge is 0.256 e. The third-order valence-corrected chi connectivity index (χ3v) is 6.18. The predicted molar refractivity (Wildman–Crippen MR) is 137 cm³/mol. The fourth-order valence-corrected chi connectivity index (χ4v) is 4.50. The van der Waals surface area contributed by atoms with Gasteiger partial charge in [0.25, 0.3) is 5.91 Å². The Morgan fingerprint density at radius 1 is 1.09 bits per heavy atom. The average Bonchev–Trinajstić information content (AvgIpc) is 3.30. The van der Waals surface area contributed by atoms with E-state index in [2.05, 4.69) is 50.1 Å². The van der Waals surface area contributed by atoms with Crippen LogP contribution in [0.5, 0.6) is 0 Å². The normalized spacial score (nSPS) is 14.6. The largest absolute Gasteiger partial charge is 0.367 e. The van der Waals surface area contributed by atoms with Crippen molar-refractivity contribution in [1.29, 1.82) is 0 Å². The Morgan fingerprint density at radius 2 is 1.86 bits per heavy atom. The molecule has 0 saturated carbocycles. The minimum atomic E-state index is -0.234. The molecule has 180 valence electrons. The number of anilines is 2. The number of pyridine rings is 3. The second-order valence-corrected chi connectivity index (χ2v) is 9.39. The van der Waals surface area contributed by atoms with Crippen molar-refractivity contribution in [3.05, 3.63) is 60.8 Å². The van der Waals surface area contributed by atoms with Gasteiger partial charge >= 0.3 is 0 Å². The summed E-state index contributed by atoms with van der Waals surface area (Å²) in [6.07, 6.45) is 8.79. The lowest BCUT2D eigenvalue weighted by Crippen LogP contribution is -2.47. The molecule has 0 unspecified atom stereocenters. The molecule has 1 aliphatic heterocycles. The zero-order chi connectivity index (χ0) is 24.4. The van der Waals surface area contributed by atoms with Crippen LogP contribution in [-0.2, 0) is 7.05 Å². The number of nitrogens with one attached hydrogen (secondary N) is 1. The molecule has 1 amide bonds. The molecule has 0 radical (unpaired) electrons. The molecule has 35 heavy (non-hydrogen) atoms. The number of carbonyl (C=O) groups excluding carboxylic acids is 1. The summed E-state index contributed by atoms with van der Waals surface area (Å²) in [6.45, 7) is 9.60. The van der Waals surface area contributed by atoms with Gasteiger partial charge in [-0.3, -0.25) is 19.4 Å². The lowest BCUT2D eigenvalue weighted by molar-refractivity contribution is 0.102. The van der Waals surface area contributed by atoms with Crippen molar-refractivity contribution in [1.82, 2.24) is 29.6 Å². The van der Waals surface area contributed by atoms with E-state index >= 15 is 0 Å². The third-order valence-electron chi connectivity index (χ3n) is 6.18. The molecule has 9 heteroatoms. The Balaban J connectivity index is 1.47. The molecule has 5 rings (SSSR count). The monoisotopic (exact) mass is 470 g/mol. The molecule has 0 aliphatic carbocycles. The van der Waals surface area contributed by atoms with E-state index in [4.69, 9.17) is 4.98 Å². The molecule has 4 aromatic heterocycles. The van der Waals surface area contributed by atoms with E-state index < -0.39 is 0 Å². The first-order chi connectivity index (χ1) is 17.0. The molecule has 1 fully saturated rings. The Morgan fingerprint density at radius 3 is 2.54 bits per heavy atom. The molecule has 0 spiro atoms. The zero-order valence-electron chi connectivity index (χ0n) is 20.3. The van der Waals surface area contributed by atoms with Gasteiger partial charge in [-0.15, -0.1) is 0 Å². The molecule has 9 nitrogen and oxygen atoms in total. The Hall–Kier alpha value is -3.85. The maximum Gasteiger partial charge on any atom is 0.256 e. The summed E-state index contributed by atoms with van der Waals surface area (Å²) >= 11 is 0. The second-order valence-electron chi connectivity index (χ2n) is 9.39. The summed E-state index contributed by atoms with van der Waals surface area (Å²) in [7, 11) is 1.91. The summed E-state index contributed by atoms with van der Waals surface area (Å²) in [5.41, 5.74) is 4.24. The molecular formula is C26H30N8O. The van der Waals surface area contributed by atoms with Crippen LogP contribution in [-0.4, -0.2) is 68.3 Å². The minimum Gasteiger partial charge on any atom is -0.367 e. The number of carbonyl (C=O) groups is 1. The lowest BCUT2D eigenvalue weighted by Gasteiger charge is -2.37. The number of piperazine rings is 1. The first-order valence-corrected chi connectivity index (χ1v) is 11.9. The third kappa shape index (κ3) is 5.14. The number of hydrogen-bond donors (Lipinski definition) is 1. The van der Waals surface area contributed by atoms with Crippen molar-refractivity contribution in [2.45, 2.75) is 13.8 Å². The van der Waals surface area contributed by atoms with Crippen LogP contribution >= 0.6 is 0 Å². The van der Waals surface area contributed by atoms with Crippen molar-refractivity contribution in [2.24, 2.45) is 13.0 Å². The van der Waals surface area contributed by atoms with Crippen molar-refractivity contribution < 1.29 is 4.79 Å². The van der Waals surface area contributed by atoms with Gasteiger partial charge in [-0.1, -0.05) is 13.8 Å². The van der Waals surface area contributed by atoms with Gasteiger partial charge in [-0.2, -0.15) is 5.10 Å². The number of hydrogen-bond acceptors (Lipinski definition) is 7. The van der Waals surface area contributed by atoms with E-state index in [-0.39, 0.29) is 5.91 Å². The molecule has 5 heterocycles. The molecule has 4 aromatic rings. The number of aryl methyl sites for hydroxylation is 1. The van der Waals surface area contributed by atoms with E-state index in [0.29, 0.717) is 17.3 Å². The van der Waals surface area contributed by atoms with Gasteiger partial charge in [0.15, 0.2) is 0 Å². The van der Waals surface area contributed by atoms with Gasteiger partial charge in [-0.05, 0) is 24.1 Å². The van der Waals surface area contributed by atoms with Crippen LogP contribution in [0.25, 0.3) is 22.2 Å². The predicted octanol–water partition coefficient (Wildman–Crippen LogP) is 3.46. The zero-order valence-corrected chi connectivity index (χ0v) is 20.3. The first-order valence-electron chi connectivity index (χ1n) is 11.9. The molecule has 1 N–H and O–H groups in total. The quantitative estimate of drug-likeness (QED) is 0.461. The van der Waals surface area contributed by atoms with Gasteiger partial charge in [0, 0.05) is 87.1 Å². The fraction of sp³-hybridized carbons (Fsp3) is 0.346. The summed E-state index contributed by atoms with van der Waals surface area (Å²) in [4.78, 5) is 31.0. The van der Waals surface area contributed by atoms with Gasteiger partial charge in [0.1, 0.15) is 5.82 Å². The maximum absolute atomic E-state index is 12.6. The second kappa shape index (κ2) is 9.79. The van der Waals surface area contributed by atoms with E-state index in [1.54, 1.807) is 35.4 Å². The van der Waals surface area contributed by atoms with Crippen LogP contribution in [0.4, 0.5) is 11.5 Å². The summed E-state index contributed by atoms with van der Waals surface area (Å²) < 4.78 is 1.79. The Bertz CT molecular complexity index is 1330. The van der Waals surface area contributed by atoms with Crippen molar-refractivity contribution in [3.63, 3.8) is 0 Å². The molecular weight excluding hydrogens is 440 g/mol. The SMILES string of the molecule is CC(C)CN1CCN(c2cc3cnc(NC(=O)c4ccncc4)cc3nc2-c2cnn(C)c2)CC1. The van der Waals surface area contributed by atoms with Crippen molar-refractivity contribution in [3.8, 4) is 11.3 Å². The highest BCUT2D eigenvalue weighted by Gasteiger charge is 2.22. The molecule has 0 atom stereocenters. The number of amides is 1. The van der Waals surface area contributed by atoms with Crippen LogP contribution in [0.2, 0.25) is 0 Å². The number of aromatic nitrogens is 5. The fourth-order valence-electron chi connectivity index (χ4n) is 4.50. The molecule has 1 saturated heterocycles. The standard InChI is InChI=1S/C26H30N8O/c1-18(2)16-33-8-10-34(11-9-33)23-12-20-14-28-24(31-26(35)19-4-6-27-7-5-19)13-22(20)30-25(23)21-15-29-32(3)17-21/h4-7,12-15,17-18H,8-11,16H2,1-3H3,(H,28,31,35). The van der Waals surface area contributed by atoms with Crippen molar-refractivity contribution >= 4 is 28.3 Å². The van der Waals surface area contributed by atoms with Gasteiger partial charge < -0.3 is 10.2 Å². The topological polar surface area (TPSA) is 92.1 Å². The highest BCUT2D eigenvalue weighted by Crippen LogP contribution is 2.33. The van der Waals surface area contributed by atoms with E-state index in [1.165, 1.54) is 0 Å². The summed E-state index contributed by atoms with van der Waals surface area (Å²) in [6, 6.07) is 7.31. The lowest BCUT2D eigenvalue weighted by atomic mass is 10.1.